The Kier molecular flexibility index (Phi) is 14.9. The molecule has 5 rings (SSSR count). The molecule has 0 aromatic heterocycles. The van der Waals surface area contributed by atoms with Crippen molar-refractivity contribution >= 4 is 21.6 Å². The topological polar surface area (TPSA) is 125 Å². The molecular formula is C42H57N3O8S. The van der Waals surface area contributed by atoms with Crippen molar-refractivity contribution in [3.63, 3.8) is 0 Å². The van der Waals surface area contributed by atoms with E-state index < -0.39 is 26.9 Å². The Morgan fingerprint density at radius 1 is 1.09 bits per heavy atom. The van der Waals surface area contributed by atoms with Crippen LogP contribution in [-0.4, -0.2) is 91.5 Å². The Hall–Kier alpha value is -3.61. The zero-order chi connectivity index (χ0) is 38.7. The van der Waals surface area contributed by atoms with Crippen molar-refractivity contribution < 1.29 is 36.9 Å². The van der Waals surface area contributed by atoms with Crippen LogP contribution in [0.3, 0.4) is 0 Å². The SMILES string of the molecule is CCOC(C)COCc1ccc([C@H]2C[C@H](CC(C)(C)N=C=O)NC[C@@H]2OC(c2ccc3c(c2)N(CCCOC)CCO3)S(=O)(=O)c2ccc(C)cc2)cc1. The lowest BCUT2D eigenvalue weighted by Crippen LogP contribution is -2.49. The minimum Gasteiger partial charge on any atom is -0.490 e. The Labute approximate surface area is 321 Å². The van der Waals surface area contributed by atoms with Gasteiger partial charge < -0.3 is 33.9 Å². The zero-order valence-electron chi connectivity index (χ0n) is 32.6. The van der Waals surface area contributed by atoms with Gasteiger partial charge in [0.15, 0.2) is 5.44 Å². The lowest BCUT2D eigenvalue weighted by molar-refractivity contribution is -0.00819. The number of nitrogens with one attached hydrogen (secondary N) is 1. The van der Waals surface area contributed by atoms with Gasteiger partial charge in [-0.2, -0.15) is 4.99 Å². The van der Waals surface area contributed by atoms with Gasteiger partial charge in [0.2, 0.25) is 15.9 Å². The Morgan fingerprint density at radius 3 is 2.56 bits per heavy atom. The standard InChI is InChI=1S/C42H57N3O8S/c1-7-51-31(3)27-50-28-32-11-13-33(14-12-32)37-24-35(25-42(4,5)44-29-46)43-26-40(37)53-41(54(47,48)36-16-9-30(2)10-17-36)34-15-18-39-38(23-34)45(20-22-52-39)19-8-21-49-6/h9-18,23,31,35,37,40-41,43H,7-8,19-22,24-28H2,1-6H3/t31?,35-,37-,40+,41?/m1/s1. The van der Waals surface area contributed by atoms with E-state index in [1.54, 1.807) is 25.3 Å². The number of benzene rings is 3. The van der Waals surface area contributed by atoms with E-state index >= 15 is 0 Å². The number of hydrogen-bond donors (Lipinski definition) is 1. The quantitative estimate of drug-likeness (QED) is 0.0804. The lowest BCUT2D eigenvalue weighted by Gasteiger charge is -2.40. The van der Waals surface area contributed by atoms with Crippen LogP contribution in [-0.2, 0) is 40.2 Å². The molecule has 3 aromatic carbocycles. The molecule has 3 aromatic rings. The molecule has 0 saturated carbocycles. The van der Waals surface area contributed by atoms with E-state index in [2.05, 4.69) is 39.5 Å². The summed E-state index contributed by atoms with van der Waals surface area (Å²) in [5, 5.41) is 3.60. The number of carbonyl (C=O) groups excluding carboxylic acids is 1. The number of anilines is 1. The first-order valence-corrected chi connectivity index (χ1v) is 20.6. The van der Waals surface area contributed by atoms with Crippen LogP contribution in [0.5, 0.6) is 5.75 Å². The van der Waals surface area contributed by atoms with Gasteiger partial charge in [0.05, 0.1) is 48.1 Å². The highest BCUT2D eigenvalue weighted by Gasteiger charge is 2.40. The van der Waals surface area contributed by atoms with Crippen LogP contribution in [0.4, 0.5) is 5.69 Å². The van der Waals surface area contributed by atoms with Crippen molar-refractivity contribution in [3.8, 4) is 5.75 Å². The van der Waals surface area contributed by atoms with Crippen molar-refractivity contribution in [1.82, 2.24) is 5.32 Å². The molecule has 1 saturated heterocycles. The van der Waals surface area contributed by atoms with Gasteiger partial charge in [0.1, 0.15) is 12.4 Å². The summed E-state index contributed by atoms with van der Waals surface area (Å²) in [5.74, 6) is 0.549. The van der Waals surface area contributed by atoms with Gasteiger partial charge in [-0.05, 0) is 94.8 Å². The third-order valence-corrected chi connectivity index (χ3v) is 12.0. The minimum absolute atomic E-state index is 0.00118. The molecule has 0 aliphatic carbocycles. The third kappa shape index (κ3) is 11.0. The fourth-order valence-corrected chi connectivity index (χ4v) is 8.89. The van der Waals surface area contributed by atoms with Crippen LogP contribution in [0, 0.1) is 6.92 Å². The molecule has 2 heterocycles. The molecule has 2 aliphatic rings. The second-order valence-corrected chi connectivity index (χ2v) is 17.0. The first-order chi connectivity index (χ1) is 25.9. The highest BCUT2D eigenvalue weighted by Crippen LogP contribution is 2.42. The number of sulfone groups is 1. The molecule has 54 heavy (non-hydrogen) atoms. The molecule has 2 unspecified atom stereocenters. The van der Waals surface area contributed by atoms with Gasteiger partial charge in [-0.3, -0.25) is 0 Å². The lowest BCUT2D eigenvalue weighted by atomic mass is 9.80. The maximum atomic E-state index is 14.7. The van der Waals surface area contributed by atoms with Crippen LogP contribution in [0.1, 0.15) is 80.6 Å². The van der Waals surface area contributed by atoms with Crippen LogP contribution >= 0.6 is 0 Å². The first-order valence-electron chi connectivity index (χ1n) is 19.0. The molecule has 1 N–H and O–H groups in total. The predicted octanol–water partition coefficient (Wildman–Crippen LogP) is 6.68. The molecule has 12 heteroatoms. The summed E-state index contributed by atoms with van der Waals surface area (Å²) in [5.41, 5.74) is 2.48. The normalized spacial score (nSPS) is 20.0. The maximum absolute atomic E-state index is 14.7. The van der Waals surface area contributed by atoms with Gasteiger partial charge in [-0.25, -0.2) is 13.2 Å². The number of rotatable bonds is 19. The molecule has 0 bridgehead atoms. The summed E-state index contributed by atoms with van der Waals surface area (Å²) in [6.07, 6.45) is 3.29. The van der Waals surface area contributed by atoms with Crippen molar-refractivity contribution in [2.75, 3.05) is 58.1 Å². The summed E-state index contributed by atoms with van der Waals surface area (Å²) in [6, 6.07) is 20.8. The maximum Gasteiger partial charge on any atom is 0.235 e. The highest BCUT2D eigenvalue weighted by molar-refractivity contribution is 7.91. The number of hydrogen-bond acceptors (Lipinski definition) is 11. The van der Waals surface area contributed by atoms with Gasteiger partial charge in [-0.15, -0.1) is 0 Å². The molecular weight excluding hydrogens is 707 g/mol. The molecule has 294 valence electrons. The van der Waals surface area contributed by atoms with E-state index in [4.69, 9.17) is 23.7 Å². The molecule has 2 aliphatic heterocycles. The molecule has 0 radical (unpaired) electrons. The van der Waals surface area contributed by atoms with E-state index in [9.17, 15) is 13.2 Å². The largest absolute Gasteiger partial charge is 0.490 e. The first kappa shape index (κ1) is 41.6. The summed E-state index contributed by atoms with van der Waals surface area (Å²) in [7, 11) is -2.34. The van der Waals surface area contributed by atoms with Gasteiger partial charge >= 0.3 is 0 Å². The number of aliphatic imine (C=N–C) groups is 1. The van der Waals surface area contributed by atoms with Gasteiger partial charge in [0, 0.05) is 45.4 Å². The van der Waals surface area contributed by atoms with E-state index in [1.165, 1.54) is 0 Å². The highest BCUT2D eigenvalue weighted by atomic mass is 32.2. The number of nitrogens with zero attached hydrogens (tertiary/aromatic N) is 2. The van der Waals surface area contributed by atoms with Crippen molar-refractivity contribution in [3.05, 3.63) is 89.0 Å². The van der Waals surface area contributed by atoms with Gasteiger partial charge in [-0.1, -0.05) is 48.0 Å². The van der Waals surface area contributed by atoms with Crippen LogP contribution in [0.2, 0.25) is 0 Å². The fraction of sp³-hybridized carbons (Fsp3) is 0.548. The minimum atomic E-state index is -4.03. The average Bonchev–Trinajstić information content (AvgIpc) is 3.14. The van der Waals surface area contributed by atoms with Crippen LogP contribution < -0.4 is 15.0 Å². The average molecular weight is 764 g/mol. The number of piperidine rings is 1. The molecule has 0 amide bonds. The van der Waals surface area contributed by atoms with Crippen molar-refractivity contribution in [1.29, 1.82) is 0 Å². The smallest absolute Gasteiger partial charge is 0.235 e. The van der Waals surface area contributed by atoms with Crippen molar-refractivity contribution in [2.45, 2.75) is 101 Å². The zero-order valence-corrected chi connectivity index (χ0v) is 33.4. The van der Waals surface area contributed by atoms with E-state index in [1.807, 2.05) is 65.0 Å². The summed E-state index contributed by atoms with van der Waals surface area (Å²) in [4.78, 5) is 17.7. The molecule has 11 nitrogen and oxygen atoms in total. The number of methoxy groups -OCH3 is 1. The summed E-state index contributed by atoms with van der Waals surface area (Å²) < 4.78 is 59.2. The Balaban J connectivity index is 1.49. The van der Waals surface area contributed by atoms with Crippen molar-refractivity contribution in [2.24, 2.45) is 4.99 Å². The molecule has 1 fully saturated rings. The number of ether oxygens (including phenoxy) is 5. The second kappa shape index (κ2) is 19.3. The predicted molar refractivity (Wildman–Crippen MR) is 210 cm³/mol. The molecule has 5 atom stereocenters. The summed E-state index contributed by atoms with van der Waals surface area (Å²) in [6.45, 7) is 14.3. The third-order valence-electron chi connectivity index (χ3n) is 10.1. The van der Waals surface area contributed by atoms with Crippen LogP contribution in [0.25, 0.3) is 0 Å². The fourth-order valence-electron chi connectivity index (χ4n) is 7.33. The van der Waals surface area contributed by atoms with Gasteiger partial charge in [0.25, 0.3) is 0 Å². The number of fused-ring (bicyclic) bond motifs is 1. The Morgan fingerprint density at radius 2 is 1.85 bits per heavy atom. The monoisotopic (exact) mass is 763 g/mol. The summed E-state index contributed by atoms with van der Waals surface area (Å²) >= 11 is 0. The van der Waals surface area contributed by atoms with Crippen LogP contribution in [0.15, 0.2) is 76.6 Å². The number of aryl methyl sites for hydroxylation is 1. The van der Waals surface area contributed by atoms with E-state index in [-0.39, 0.29) is 23.0 Å². The number of isocyanates is 1. The second-order valence-electron chi connectivity index (χ2n) is 15.0. The van der Waals surface area contributed by atoms with E-state index in [0.717, 1.165) is 35.3 Å². The van der Waals surface area contributed by atoms with E-state index in [0.29, 0.717) is 70.3 Å². The molecule has 0 spiro atoms. The Bertz CT molecular complexity index is 1790.